The van der Waals surface area contributed by atoms with Gasteiger partial charge in [-0.3, -0.25) is 4.79 Å². The molecule has 1 saturated carbocycles. The number of rotatable bonds is 9. The molecule has 2 aliphatic carbocycles. The van der Waals surface area contributed by atoms with Crippen LogP contribution in [0, 0.1) is 0 Å². The molecule has 0 aliphatic heterocycles. The summed E-state index contributed by atoms with van der Waals surface area (Å²) < 4.78 is 5.50. The van der Waals surface area contributed by atoms with Crippen molar-refractivity contribution in [1.29, 1.82) is 0 Å². The van der Waals surface area contributed by atoms with Crippen molar-refractivity contribution in [3.63, 3.8) is 0 Å². The van der Waals surface area contributed by atoms with E-state index in [0.29, 0.717) is 11.1 Å². The van der Waals surface area contributed by atoms with Gasteiger partial charge in [0.25, 0.3) is 5.91 Å². The molecule has 2 atom stereocenters. The van der Waals surface area contributed by atoms with Crippen LogP contribution in [0.2, 0.25) is 0 Å². The molecule has 5 rings (SSSR count). The Morgan fingerprint density at radius 1 is 0.889 bits per heavy atom. The summed E-state index contributed by atoms with van der Waals surface area (Å²) in [6, 6.07) is 23.1. The number of fused-ring (bicyclic) bond motifs is 3. The molecule has 1 fully saturated rings. The van der Waals surface area contributed by atoms with Gasteiger partial charge in [0.05, 0.1) is 6.10 Å². The van der Waals surface area contributed by atoms with Crippen molar-refractivity contribution in [3.8, 4) is 11.1 Å². The fourth-order valence-electron chi connectivity index (χ4n) is 4.68. The first-order chi connectivity index (χ1) is 17.5. The van der Waals surface area contributed by atoms with Crippen molar-refractivity contribution in [2.24, 2.45) is 0 Å². The average molecular weight is 487 g/mol. The number of aliphatic hydroxyl groups excluding tert-OH is 2. The second kappa shape index (κ2) is 10.5. The minimum atomic E-state index is -1.13. The number of ether oxygens (including phenoxy) is 1. The largest absolute Gasteiger partial charge is 0.449 e. The zero-order valence-corrected chi connectivity index (χ0v) is 19.9. The number of hydrogen-bond donors (Lipinski definition) is 4. The summed E-state index contributed by atoms with van der Waals surface area (Å²) in [7, 11) is 0. The van der Waals surface area contributed by atoms with E-state index < -0.39 is 18.3 Å². The van der Waals surface area contributed by atoms with Gasteiger partial charge in [-0.25, -0.2) is 4.79 Å². The molecule has 0 aromatic heterocycles. The average Bonchev–Trinajstić information content (AvgIpc) is 3.67. The van der Waals surface area contributed by atoms with E-state index in [-0.39, 0.29) is 37.4 Å². The van der Waals surface area contributed by atoms with Gasteiger partial charge in [0.1, 0.15) is 12.7 Å². The van der Waals surface area contributed by atoms with E-state index in [2.05, 4.69) is 34.9 Å². The van der Waals surface area contributed by atoms with Crippen LogP contribution in [0.1, 0.15) is 58.3 Å². The molecule has 3 aromatic rings. The molecule has 2 amide bonds. The third-order valence-corrected chi connectivity index (χ3v) is 6.84. The van der Waals surface area contributed by atoms with Crippen LogP contribution in [0.15, 0.2) is 72.8 Å². The fourth-order valence-corrected chi connectivity index (χ4v) is 4.68. The van der Waals surface area contributed by atoms with Crippen molar-refractivity contribution >= 4 is 12.0 Å². The van der Waals surface area contributed by atoms with Crippen molar-refractivity contribution in [2.75, 3.05) is 13.2 Å². The molecule has 0 bridgehead atoms. The molecule has 2 aliphatic rings. The minimum absolute atomic E-state index is 0.0232. The second-order valence-electron chi connectivity index (χ2n) is 9.42. The van der Waals surface area contributed by atoms with Gasteiger partial charge < -0.3 is 25.6 Å². The van der Waals surface area contributed by atoms with Crippen LogP contribution < -0.4 is 10.6 Å². The Hall–Kier alpha value is -3.68. The molecular weight excluding hydrogens is 456 g/mol. The highest BCUT2D eigenvalue weighted by Crippen LogP contribution is 2.44. The Kier molecular flexibility index (Phi) is 7.02. The predicted octanol–water partition coefficient (Wildman–Crippen LogP) is 3.90. The van der Waals surface area contributed by atoms with E-state index in [1.807, 2.05) is 24.3 Å². The van der Waals surface area contributed by atoms with E-state index in [9.17, 15) is 19.8 Å². The van der Waals surface area contributed by atoms with Crippen LogP contribution in [0.25, 0.3) is 11.1 Å². The summed E-state index contributed by atoms with van der Waals surface area (Å²) in [6.07, 6.45) is -0.600. The summed E-state index contributed by atoms with van der Waals surface area (Å²) in [5, 5.41) is 26.4. The molecule has 0 radical (unpaired) electrons. The monoisotopic (exact) mass is 486 g/mol. The van der Waals surface area contributed by atoms with Gasteiger partial charge >= 0.3 is 6.09 Å². The van der Waals surface area contributed by atoms with E-state index in [0.717, 1.165) is 35.1 Å². The minimum Gasteiger partial charge on any atom is -0.449 e. The lowest BCUT2D eigenvalue weighted by molar-refractivity contribution is 0.0136. The first kappa shape index (κ1) is 24.0. The molecule has 4 N–H and O–H groups in total. The van der Waals surface area contributed by atoms with Gasteiger partial charge in [-0.05, 0) is 59.2 Å². The molecule has 7 heteroatoms. The summed E-state index contributed by atoms with van der Waals surface area (Å²) in [6.45, 7) is 0.364. The van der Waals surface area contributed by atoms with Crippen molar-refractivity contribution in [2.45, 2.75) is 43.4 Å². The normalized spacial score (nSPS) is 15.9. The molecule has 0 saturated heterocycles. The zero-order valence-electron chi connectivity index (χ0n) is 19.9. The quantitative estimate of drug-likeness (QED) is 0.367. The van der Waals surface area contributed by atoms with Crippen molar-refractivity contribution < 1.29 is 24.5 Å². The van der Waals surface area contributed by atoms with E-state index >= 15 is 0 Å². The van der Waals surface area contributed by atoms with Crippen LogP contribution >= 0.6 is 0 Å². The first-order valence-corrected chi connectivity index (χ1v) is 12.4. The highest BCUT2D eigenvalue weighted by molar-refractivity contribution is 5.94. The Labute approximate surface area is 210 Å². The molecule has 0 spiro atoms. The van der Waals surface area contributed by atoms with Crippen LogP contribution in [0.3, 0.4) is 0 Å². The van der Waals surface area contributed by atoms with Gasteiger partial charge in [-0.15, -0.1) is 0 Å². The standard InChI is InChI=1S/C29H30N2O5/c32-26(27(33)18-9-11-19(12-10-18)28(34)31-20-13-14-20)15-16-30-29(35)36-17-25-23-7-3-1-5-21(23)22-6-2-4-8-24(22)25/h1-12,20,25-27,32-33H,13-17H2,(H,30,35)(H,31,34). The van der Waals surface area contributed by atoms with E-state index in [1.54, 1.807) is 24.3 Å². The van der Waals surface area contributed by atoms with Crippen LogP contribution in [-0.4, -0.2) is 47.5 Å². The molecular formula is C29H30N2O5. The summed E-state index contributed by atoms with van der Waals surface area (Å²) in [5.41, 5.74) is 5.63. The maximum Gasteiger partial charge on any atom is 0.407 e. The maximum atomic E-state index is 12.3. The van der Waals surface area contributed by atoms with Crippen LogP contribution in [0.4, 0.5) is 4.79 Å². The fraction of sp³-hybridized carbons (Fsp3) is 0.310. The van der Waals surface area contributed by atoms with Gasteiger partial charge in [0.15, 0.2) is 0 Å². The van der Waals surface area contributed by atoms with E-state index in [1.165, 1.54) is 0 Å². The lowest BCUT2D eigenvalue weighted by Gasteiger charge is -2.19. The van der Waals surface area contributed by atoms with Gasteiger partial charge in [0.2, 0.25) is 0 Å². The Bertz CT molecular complexity index is 1190. The van der Waals surface area contributed by atoms with Crippen LogP contribution in [-0.2, 0) is 4.74 Å². The van der Waals surface area contributed by atoms with Crippen molar-refractivity contribution in [1.82, 2.24) is 10.6 Å². The summed E-state index contributed by atoms with van der Waals surface area (Å²) >= 11 is 0. The zero-order chi connectivity index (χ0) is 25.1. The van der Waals surface area contributed by atoms with E-state index in [4.69, 9.17) is 4.74 Å². The Morgan fingerprint density at radius 3 is 2.11 bits per heavy atom. The Morgan fingerprint density at radius 2 is 1.50 bits per heavy atom. The number of aliphatic hydroxyl groups is 2. The van der Waals surface area contributed by atoms with Crippen LogP contribution in [0.5, 0.6) is 0 Å². The number of alkyl carbamates (subject to hydrolysis) is 1. The van der Waals surface area contributed by atoms with Gasteiger partial charge in [0, 0.05) is 24.1 Å². The molecule has 2 unspecified atom stereocenters. The smallest absolute Gasteiger partial charge is 0.407 e. The second-order valence-corrected chi connectivity index (χ2v) is 9.42. The third kappa shape index (κ3) is 5.27. The number of carbonyl (C=O) groups excluding carboxylic acids is 2. The highest BCUT2D eigenvalue weighted by Gasteiger charge is 2.29. The summed E-state index contributed by atoms with van der Waals surface area (Å²) in [4.78, 5) is 24.4. The highest BCUT2D eigenvalue weighted by atomic mass is 16.5. The molecule has 36 heavy (non-hydrogen) atoms. The van der Waals surface area contributed by atoms with Gasteiger partial charge in [-0.1, -0.05) is 60.7 Å². The number of benzene rings is 3. The molecule has 3 aromatic carbocycles. The number of amides is 2. The predicted molar refractivity (Wildman–Crippen MR) is 136 cm³/mol. The lowest BCUT2D eigenvalue weighted by atomic mass is 9.98. The molecule has 0 heterocycles. The topological polar surface area (TPSA) is 108 Å². The Balaban J connectivity index is 1.08. The maximum absolute atomic E-state index is 12.3. The molecule has 186 valence electrons. The molecule has 7 nitrogen and oxygen atoms in total. The first-order valence-electron chi connectivity index (χ1n) is 12.4. The lowest BCUT2D eigenvalue weighted by Crippen LogP contribution is -2.30. The SMILES string of the molecule is O=C(NCCC(O)C(O)c1ccc(C(=O)NC2CC2)cc1)OCC1c2ccccc2-c2ccccc21. The number of hydrogen-bond acceptors (Lipinski definition) is 5. The number of carbonyl (C=O) groups is 2. The van der Waals surface area contributed by atoms with Crippen molar-refractivity contribution in [3.05, 3.63) is 95.1 Å². The third-order valence-electron chi connectivity index (χ3n) is 6.84. The number of nitrogens with one attached hydrogen (secondary N) is 2. The summed E-state index contributed by atoms with van der Waals surface area (Å²) in [5.74, 6) is -0.156. The van der Waals surface area contributed by atoms with Gasteiger partial charge in [-0.2, -0.15) is 0 Å².